The largest absolute Gasteiger partial charge is 0.330 e. The van der Waals surface area contributed by atoms with Gasteiger partial charge in [0.1, 0.15) is 11.6 Å². The number of nitrogens with two attached hydrogens (primary N) is 1. The molecule has 0 aliphatic rings. The molecule has 2 aromatic rings. The summed E-state index contributed by atoms with van der Waals surface area (Å²) in [4.78, 5) is 8.81. The molecule has 0 amide bonds. The van der Waals surface area contributed by atoms with E-state index >= 15 is 0 Å². The van der Waals surface area contributed by atoms with Crippen molar-refractivity contribution in [3.63, 3.8) is 0 Å². The molecule has 0 saturated heterocycles. The van der Waals surface area contributed by atoms with Crippen LogP contribution in [0.3, 0.4) is 0 Å². The van der Waals surface area contributed by atoms with E-state index in [4.69, 9.17) is 5.73 Å². The van der Waals surface area contributed by atoms with E-state index in [1.165, 1.54) is 12.1 Å². The minimum Gasteiger partial charge on any atom is -0.330 e. The zero-order valence-corrected chi connectivity index (χ0v) is 10.4. The number of rotatable bonds is 4. The third-order valence-electron chi connectivity index (χ3n) is 2.63. The molecule has 0 spiro atoms. The standard InChI is InChI=1S/C14H16FN3/c1-10-8-13(11-4-2-5-12(15)9-11)18-14(17-10)6-3-7-16/h2,4-5,8-9H,3,6-7,16H2,1H3. The van der Waals surface area contributed by atoms with Crippen LogP contribution >= 0.6 is 0 Å². The molecule has 2 N–H and O–H groups in total. The predicted octanol–water partition coefficient (Wildman–Crippen LogP) is 2.48. The lowest BCUT2D eigenvalue weighted by Crippen LogP contribution is -2.04. The highest BCUT2D eigenvalue weighted by molar-refractivity contribution is 5.59. The fraction of sp³-hybridized carbons (Fsp3) is 0.286. The summed E-state index contributed by atoms with van der Waals surface area (Å²) in [5, 5.41) is 0. The Bertz CT molecular complexity index is 540. The van der Waals surface area contributed by atoms with Crippen molar-refractivity contribution in [1.29, 1.82) is 0 Å². The summed E-state index contributed by atoms with van der Waals surface area (Å²) in [7, 11) is 0. The van der Waals surface area contributed by atoms with Gasteiger partial charge in [0.15, 0.2) is 0 Å². The van der Waals surface area contributed by atoms with Gasteiger partial charge in [0.25, 0.3) is 0 Å². The van der Waals surface area contributed by atoms with Gasteiger partial charge in [-0.1, -0.05) is 12.1 Å². The maximum absolute atomic E-state index is 13.2. The molecule has 0 fully saturated rings. The molecule has 0 saturated carbocycles. The van der Waals surface area contributed by atoms with Crippen LogP contribution in [0.4, 0.5) is 4.39 Å². The van der Waals surface area contributed by atoms with E-state index in [9.17, 15) is 4.39 Å². The Kier molecular flexibility index (Phi) is 3.99. The first-order valence-electron chi connectivity index (χ1n) is 5.99. The summed E-state index contributed by atoms with van der Waals surface area (Å²) in [6.07, 6.45) is 1.60. The zero-order valence-electron chi connectivity index (χ0n) is 10.4. The van der Waals surface area contributed by atoms with Crippen molar-refractivity contribution in [2.24, 2.45) is 5.73 Å². The van der Waals surface area contributed by atoms with Gasteiger partial charge in [0, 0.05) is 17.7 Å². The average molecular weight is 245 g/mol. The van der Waals surface area contributed by atoms with Crippen LogP contribution in [-0.4, -0.2) is 16.5 Å². The lowest BCUT2D eigenvalue weighted by Gasteiger charge is -2.06. The van der Waals surface area contributed by atoms with Gasteiger partial charge in [-0.2, -0.15) is 0 Å². The van der Waals surface area contributed by atoms with Gasteiger partial charge in [0.2, 0.25) is 0 Å². The number of hydrogen-bond acceptors (Lipinski definition) is 3. The van der Waals surface area contributed by atoms with Gasteiger partial charge in [-0.25, -0.2) is 14.4 Å². The Morgan fingerprint density at radius 1 is 1.22 bits per heavy atom. The summed E-state index contributed by atoms with van der Waals surface area (Å²) in [5.74, 6) is 0.506. The number of nitrogens with zero attached hydrogens (tertiary/aromatic N) is 2. The van der Waals surface area contributed by atoms with Crippen LogP contribution in [0.25, 0.3) is 11.3 Å². The molecule has 4 heteroatoms. The first-order valence-corrected chi connectivity index (χ1v) is 5.99. The minimum absolute atomic E-state index is 0.257. The SMILES string of the molecule is Cc1cc(-c2cccc(F)c2)nc(CCCN)n1. The highest BCUT2D eigenvalue weighted by Gasteiger charge is 2.05. The second-order valence-electron chi connectivity index (χ2n) is 4.21. The Labute approximate surface area is 106 Å². The summed E-state index contributed by atoms with van der Waals surface area (Å²) in [6, 6.07) is 8.29. The number of aryl methyl sites for hydroxylation is 2. The Balaban J connectivity index is 2.35. The third-order valence-corrected chi connectivity index (χ3v) is 2.63. The van der Waals surface area contributed by atoms with Gasteiger partial charge >= 0.3 is 0 Å². The molecule has 0 atom stereocenters. The monoisotopic (exact) mass is 245 g/mol. The normalized spacial score (nSPS) is 10.6. The Morgan fingerprint density at radius 3 is 2.78 bits per heavy atom. The molecular weight excluding hydrogens is 229 g/mol. The second-order valence-corrected chi connectivity index (χ2v) is 4.21. The molecule has 94 valence electrons. The van der Waals surface area contributed by atoms with Gasteiger partial charge in [-0.05, 0) is 38.1 Å². The highest BCUT2D eigenvalue weighted by atomic mass is 19.1. The molecule has 0 radical (unpaired) electrons. The maximum atomic E-state index is 13.2. The van der Waals surface area contributed by atoms with Crippen molar-refractivity contribution in [2.75, 3.05) is 6.54 Å². The van der Waals surface area contributed by atoms with E-state index in [1.54, 1.807) is 6.07 Å². The molecule has 0 aliphatic carbocycles. The molecule has 1 aromatic carbocycles. The fourth-order valence-corrected chi connectivity index (χ4v) is 1.80. The molecule has 18 heavy (non-hydrogen) atoms. The van der Waals surface area contributed by atoms with Gasteiger partial charge in [-0.3, -0.25) is 0 Å². The summed E-state index contributed by atoms with van der Waals surface area (Å²) in [6.45, 7) is 2.53. The van der Waals surface area contributed by atoms with Crippen molar-refractivity contribution in [1.82, 2.24) is 9.97 Å². The van der Waals surface area contributed by atoms with Crippen LogP contribution in [0.15, 0.2) is 30.3 Å². The fourth-order valence-electron chi connectivity index (χ4n) is 1.80. The van der Waals surface area contributed by atoms with Crippen LogP contribution in [0.2, 0.25) is 0 Å². The van der Waals surface area contributed by atoms with Crippen LogP contribution in [0, 0.1) is 12.7 Å². The van der Waals surface area contributed by atoms with Crippen molar-refractivity contribution >= 4 is 0 Å². The van der Waals surface area contributed by atoms with E-state index in [0.29, 0.717) is 6.54 Å². The lowest BCUT2D eigenvalue weighted by atomic mass is 10.1. The molecule has 0 unspecified atom stereocenters. The van der Waals surface area contributed by atoms with E-state index in [1.807, 2.05) is 19.1 Å². The smallest absolute Gasteiger partial charge is 0.129 e. The molecular formula is C14H16FN3. The first kappa shape index (κ1) is 12.6. The van der Waals surface area contributed by atoms with E-state index in [2.05, 4.69) is 9.97 Å². The first-order chi connectivity index (χ1) is 8.69. The topological polar surface area (TPSA) is 51.8 Å². The molecule has 2 rings (SSSR count). The van der Waals surface area contributed by atoms with E-state index in [-0.39, 0.29) is 5.82 Å². The van der Waals surface area contributed by atoms with E-state index in [0.717, 1.165) is 35.6 Å². The van der Waals surface area contributed by atoms with Gasteiger partial charge < -0.3 is 5.73 Å². The van der Waals surface area contributed by atoms with Crippen LogP contribution < -0.4 is 5.73 Å². The van der Waals surface area contributed by atoms with Crippen molar-refractivity contribution < 1.29 is 4.39 Å². The predicted molar refractivity (Wildman–Crippen MR) is 69.5 cm³/mol. The van der Waals surface area contributed by atoms with Crippen molar-refractivity contribution in [2.45, 2.75) is 19.8 Å². The van der Waals surface area contributed by atoms with E-state index < -0.39 is 0 Å². The maximum Gasteiger partial charge on any atom is 0.129 e. The zero-order chi connectivity index (χ0) is 13.0. The van der Waals surface area contributed by atoms with Crippen LogP contribution in [0.1, 0.15) is 17.9 Å². The summed E-state index contributed by atoms with van der Waals surface area (Å²) >= 11 is 0. The number of hydrogen-bond donors (Lipinski definition) is 1. The molecule has 0 bridgehead atoms. The summed E-state index contributed by atoms with van der Waals surface area (Å²) < 4.78 is 13.2. The quantitative estimate of drug-likeness (QED) is 0.900. The number of halogens is 1. The second kappa shape index (κ2) is 5.69. The number of aromatic nitrogens is 2. The molecule has 0 aliphatic heterocycles. The third kappa shape index (κ3) is 3.11. The molecule has 3 nitrogen and oxygen atoms in total. The Hall–Kier alpha value is -1.81. The van der Waals surface area contributed by atoms with Crippen LogP contribution in [-0.2, 0) is 6.42 Å². The van der Waals surface area contributed by atoms with Crippen LogP contribution in [0.5, 0.6) is 0 Å². The lowest BCUT2D eigenvalue weighted by molar-refractivity contribution is 0.628. The van der Waals surface area contributed by atoms with Gasteiger partial charge in [-0.15, -0.1) is 0 Å². The summed E-state index contributed by atoms with van der Waals surface area (Å²) in [5.41, 5.74) is 7.89. The molecule has 1 heterocycles. The number of benzene rings is 1. The Morgan fingerprint density at radius 2 is 2.06 bits per heavy atom. The van der Waals surface area contributed by atoms with Gasteiger partial charge in [0.05, 0.1) is 5.69 Å². The highest BCUT2D eigenvalue weighted by Crippen LogP contribution is 2.19. The molecule has 1 aromatic heterocycles. The van der Waals surface area contributed by atoms with Crippen molar-refractivity contribution in [3.05, 3.63) is 47.7 Å². The average Bonchev–Trinajstić information content (AvgIpc) is 2.36. The minimum atomic E-state index is -0.257. The van der Waals surface area contributed by atoms with Crippen molar-refractivity contribution in [3.8, 4) is 11.3 Å².